The number of anilines is 2. The number of hydrogen-bond donors (Lipinski definition) is 2. The molecular weight excluding hydrogens is 532 g/mol. The number of amides is 3. The Morgan fingerprint density at radius 1 is 1.12 bits per heavy atom. The van der Waals surface area contributed by atoms with Gasteiger partial charge in [-0.15, -0.1) is 0 Å². The molecule has 3 amide bonds. The van der Waals surface area contributed by atoms with Crippen LogP contribution >= 0.6 is 0 Å². The van der Waals surface area contributed by atoms with Crippen LogP contribution in [-0.4, -0.2) is 67.1 Å². The molecule has 2 N–H and O–H groups in total. The van der Waals surface area contributed by atoms with E-state index in [9.17, 15) is 14.9 Å². The Labute approximate surface area is 245 Å². The van der Waals surface area contributed by atoms with Gasteiger partial charge in [0.15, 0.2) is 5.82 Å². The quantitative estimate of drug-likeness (QED) is 0.467. The molecule has 11 heteroatoms. The smallest absolute Gasteiger partial charge is 0.381 e. The molecule has 3 aliphatic heterocycles. The van der Waals surface area contributed by atoms with Crippen LogP contribution in [0.2, 0.25) is 0 Å². The van der Waals surface area contributed by atoms with Crippen LogP contribution in [0.4, 0.5) is 21.1 Å². The van der Waals surface area contributed by atoms with Crippen molar-refractivity contribution < 1.29 is 18.9 Å². The summed E-state index contributed by atoms with van der Waals surface area (Å²) in [7, 11) is 3.27. The fraction of sp³-hybridized carbons (Fsp3) is 0.452. The van der Waals surface area contributed by atoms with Gasteiger partial charge in [0.1, 0.15) is 11.9 Å². The molecule has 3 aliphatic rings. The Morgan fingerprint density at radius 2 is 1.93 bits per heavy atom. The molecule has 218 valence electrons. The molecule has 0 saturated carbocycles. The molecule has 1 saturated heterocycles. The predicted molar refractivity (Wildman–Crippen MR) is 157 cm³/mol. The van der Waals surface area contributed by atoms with Crippen molar-refractivity contribution in [3.8, 4) is 17.2 Å². The Hall–Kier alpha value is -4.43. The number of pyridine rings is 1. The Morgan fingerprint density at radius 3 is 2.64 bits per heavy atom. The molecule has 0 bridgehead atoms. The Bertz CT molecular complexity index is 1580. The molecule has 0 aliphatic carbocycles. The molecule has 42 heavy (non-hydrogen) atoms. The van der Waals surface area contributed by atoms with E-state index in [0.29, 0.717) is 18.7 Å². The number of rotatable bonds is 3. The Balaban J connectivity index is 1.43. The summed E-state index contributed by atoms with van der Waals surface area (Å²) in [4.78, 5) is 28.9. The maximum atomic E-state index is 12.6. The maximum Gasteiger partial charge on any atom is 0.495 e. The molecule has 0 atom stereocenters. The van der Waals surface area contributed by atoms with Crippen molar-refractivity contribution in [2.45, 2.75) is 51.6 Å². The molecule has 11 nitrogen and oxygen atoms in total. The Kier molecular flexibility index (Phi) is 7.56. The van der Waals surface area contributed by atoms with E-state index in [1.54, 1.807) is 24.9 Å². The lowest BCUT2D eigenvalue weighted by Crippen LogP contribution is -2.50. The van der Waals surface area contributed by atoms with Gasteiger partial charge in [-0.2, -0.15) is 19.7 Å². The molecule has 0 unspecified atom stereocenters. The van der Waals surface area contributed by atoms with Gasteiger partial charge < -0.3 is 19.9 Å². The van der Waals surface area contributed by atoms with Crippen LogP contribution in [-0.2, 0) is 24.1 Å². The van der Waals surface area contributed by atoms with Crippen molar-refractivity contribution in [3.05, 3.63) is 58.5 Å². The standard InChI is InChI=1S/C31H36N8O3/c1-20-15-21(6-12-37(20)31(41)34-3)25-16-22-5-4-10-38(28(22)17-23(25)18-32)29-26-19-36(30(40)33-2)11-7-27(26)39(35-29)24-8-13-42-14-9-24/h6,12,15-17,24H,4-5,7-11,13-14,19H2,1-3H3,(H-,33,34,40,41)/p+1. The van der Waals surface area contributed by atoms with Gasteiger partial charge in [-0.25, -0.2) is 10.1 Å². The minimum atomic E-state index is -0.209. The third-order valence-corrected chi connectivity index (χ3v) is 8.71. The normalized spacial score (nSPS) is 16.8. The summed E-state index contributed by atoms with van der Waals surface area (Å²) in [6.07, 6.45) is 6.16. The second kappa shape index (κ2) is 11.4. The minimum Gasteiger partial charge on any atom is -0.381 e. The molecular formula is C31H37N8O3+. The molecule has 0 spiro atoms. The fourth-order valence-electron chi connectivity index (χ4n) is 6.52. The van der Waals surface area contributed by atoms with Gasteiger partial charge in [0.2, 0.25) is 0 Å². The lowest BCUT2D eigenvalue weighted by Gasteiger charge is -2.33. The van der Waals surface area contributed by atoms with Gasteiger partial charge >= 0.3 is 12.1 Å². The molecule has 1 fully saturated rings. The van der Waals surface area contributed by atoms with Gasteiger partial charge in [0, 0.05) is 62.3 Å². The number of fused-ring (bicyclic) bond motifs is 2. The summed E-state index contributed by atoms with van der Waals surface area (Å²) in [5.74, 6) is 0.880. The number of aryl methyl sites for hydroxylation is 2. The fourth-order valence-corrected chi connectivity index (χ4v) is 6.52. The van der Waals surface area contributed by atoms with Gasteiger partial charge in [0.25, 0.3) is 0 Å². The van der Waals surface area contributed by atoms with Gasteiger partial charge in [-0.3, -0.25) is 4.68 Å². The molecule has 1 aromatic carbocycles. The number of carbonyl (C=O) groups is 2. The topological polar surface area (TPSA) is 119 Å². The van der Waals surface area contributed by atoms with Crippen LogP contribution < -0.4 is 20.1 Å². The van der Waals surface area contributed by atoms with Crippen LogP contribution in [0, 0.1) is 18.3 Å². The van der Waals surface area contributed by atoms with E-state index in [2.05, 4.69) is 32.4 Å². The highest BCUT2D eigenvalue weighted by molar-refractivity contribution is 5.80. The van der Waals surface area contributed by atoms with Crippen LogP contribution in [0.5, 0.6) is 0 Å². The van der Waals surface area contributed by atoms with Crippen LogP contribution in [0.3, 0.4) is 0 Å². The summed E-state index contributed by atoms with van der Waals surface area (Å²) >= 11 is 0. The summed E-state index contributed by atoms with van der Waals surface area (Å²) in [6.45, 7) is 5.26. The van der Waals surface area contributed by atoms with E-state index in [0.717, 1.165) is 91.3 Å². The summed E-state index contributed by atoms with van der Waals surface area (Å²) in [6, 6.07) is 10.3. The first kappa shape index (κ1) is 27.7. The monoisotopic (exact) mass is 569 g/mol. The van der Waals surface area contributed by atoms with E-state index in [1.165, 1.54) is 5.69 Å². The lowest BCUT2D eigenvalue weighted by atomic mass is 9.92. The molecule has 6 rings (SSSR count). The number of nitrogens with one attached hydrogen (secondary N) is 2. The molecule has 3 aromatic rings. The second-order valence-electron chi connectivity index (χ2n) is 11.1. The number of nitriles is 1. The average Bonchev–Trinajstić information content (AvgIpc) is 3.42. The number of carbonyl (C=O) groups excluding carboxylic acids is 2. The second-order valence-corrected chi connectivity index (χ2v) is 11.1. The summed E-state index contributed by atoms with van der Waals surface area (Å²) in [5, 5.41) is 20.9. The van der Waals surface area contributed by atoms with Crippen molar-refractivity contribution in [1.82, 2.24) is 25.3 Å². The summed E-state index contributed by atoms with van der Waals surface area (Å²) < 4.78 is 9.39. The highest BCUT2D eigenvalue weighted by Gasteiger charge is 2.34. The molecule has 2 aromatic heterocycles. The first-order valence-electron chi connectivity index (χ1n) is 14.7. The highest BCUT2D eigenvalue weighted by atomic mass is 16.5. The van der Waals surface area contributed by atoms with E-state index in [-0.39, 0.29) is 18.1 Å². The average molecular weight is 570 g/mol. The van der Waals surface area contributed by atoms with Crippen molar-refractivity contribution in [1.29, 1.82) is 5.26 Å². The van der Waals surface area contributed by atoms with Crippen molar-refractivity contribution >= 4 is 23.6 Å². The van der Waals surface area contributed by atoms with Gasteiger partial charge in [-0.05, 0) is 68.0 Å². The number of hydrogen-bond acceptors (Lipinski definition) is 6. The van der Waals surface area contributed by atoms with Crippen molar-refractivity contribution in [2.75, 3.05) is 45.3 Å². The van der Waals surface area contributed by atoms with Crippen molar-refractivity contribution in [3.63, 3.8) is 0 Å². The number of benzene rings is 1. The first-order chi connectivity index (χ1) is 20.4. The number of ether oxygens (including phenoxy) is 1. The molecule has 5 heterocycles. The number of nitrogens with zero attached hydrogens (tertiary/aromatic N) is 6. The SMILES string of the molecule is CNC(=O)N1CCc2c(c(N3CCCc4cc(-c5cc[n+](C(=O)NC)c(C)c5)c(C#N)cc43)nn2C2CCOCC2)C1. The first-order valence-corrected chi connectivity index (χ1v) is 14.7. The van der Waals surface area contributed by atoms with Gasteiger partial charge in [-0.1, -0.05) is 0 Å². The third kappa shape index (κ3) is 4.86. The van der Waals surface area contributed by atoms with E-state index < -0.39 is 0 Å². The lowest BCUT2D eigenvalue weighted by molar-refractivity contribution is -0.578. The minimum absolute atomic E-state index is 0.0863. The maximum absolute atomic E-state index is 12.6. The van der Waals surface area contributed by atoms with Crippen LogP contribution in [0.25, 0.3) is 11.1 Å². The van der Waals surface area contributed by atoms with Crippen LogP contribution in [0.1, 0.15) is 53.4 Å². The number of aromatic nitrogens is 3. The third-order valence-electron chi connectivity index (χ3n) is 8.71. The van der Waals surface area contributed by atoms with Crippen molar-refractivity contribution in [2.24, 2.45) is 0 Å². The zero-order valence-electron chi connectivity index (χ0n) is 24.4. The molecule has 0 radical (unpaired) electrons. The predicted octanol–water partition coefficient (Wildman–Crippen LogP) is 3.34. The van der Waals surface area contributed by atoms with E-state index in [1.807, 2.05) is 30.0 Å². The van der Waals surface area contributed by atoms with Crippen LogP contribution in [0.15, 0.2) is 30.5 Å². The van der Waals surface area contributed by atoms with E-state index in [4.69, 9.17) is 9.84 Å². The summed E-state index contributed by atoms with van der Waals surface area (Å²) in [5.41, 5.74) is 7.53. The zero-order chi connectivity index (χ0) is 29.4. The largest absolute Gasteiger partial charge is 0.495 e. The van der Waals surface area contributed by atoms with E-state index >= 15 is 0 Å². The number of urea groups is 1. The highest BCUT2D eigenvalue weighted by Crippen LogP contribution is 2.41. The van der Waals surface area contributed by atoms with Gasteiger partial charge in [0.05, 0.1) is 31.3 Å². The zero-order valence-corrected chi connectivity index (χ0v) is 24.4.